The zero-order valence-electron chi connectivity index (χ0n) is 22.1. The Bertz CT molecular complexity index is 1800. The molecular formula is C29H25F3N8O. The fourth-order valence-electron chi connectivity index (χ4n) is 4.37. The van der Waals surface area contributed by atoms with Crippen LogP contribution in [0.15, 0.2) is 61.6 Å². The maximum absolute atomic E-state index is 13.6. The third kappa shape index (κ3) is 5.67. The van der Waals surface area contributed by atoms with Crippen LogP contribution in [0.5, 0.6) is 0 Å². The average molecular weight is 559 g/mol. The van der Waals surface area contributed by atoms with Gasteiger partial charge in [0.05, 0.1) is 17.6 Å². The first-order valence-electron chi connectivity index (χ1n) is 12.9. The van der Waals surface area contributed by atoms with Crippen molar-refractivity contribution in [1.29, 1.82) is 0 Å². The Kier molecular flexibility index (Phi) is 6.52. The lowest BCUT2D eigenvalue weighted by Gasteiger charge is -2.14. The molecule has 9 nitrogen and oxygen atoms in total. The van der Waals surface area contributed by atoms with Crippen LogP contribution < -0.4 is 10.6 Å². The van der Waals surface area contributed by atoms with Crippen LogP contribution in [0.2, 0.25) is 0 Å². The number of hydrogen-bond acceptors (Lipinski definition) is 6. The molecule has 12 heteroatoms. The molecule has 3 aromatic heterocycles. The summed E-state index contributed by atoms with van der Waals surface area (Å²) in [5, 5.41) is 5.98. The van der Waals surface area contributed by atoms with Crippen LogP contribution in [0.25, 0.3) is 29.1 Å². The highest BCUT2D eigenvalue weighted by Gasteiger charge is 2.31. The molecule has 3 heterocycles. The van der Waals surface area contributed by atoms with Gasteiger partial charge in [0.25, 0.3) is 5.91 Å². The zero-order valence-corrected chi connectivity index (χ0v) is 22.1. The van der Waals surface area contributed by atoms with Crippen molar-refractivity contribution in [3.05, 3.63) is 89.5 Å². The number of aryl methyl sites for hydroxylation is 2. The Morgan fingerprint density at radius 3 is 2.59 bits per heavy atom. The van der Waals surface area contributed by atoms with E-state index in [2.05, 4.69) is 30.6 Å². The number of hydrogen-bond donors (Lipinski definition) is 2. The summed E-state index contributed by atoms with van der Waals surface area (Å²) in [5.74, 6) is 0.156. The van der Waals surface area contributed by atoms with Crippen molar-refractivity contribution < 1.29 is 18.0 Å². The summed E-state index contributed by atoms with van der Waals surface area (Å²) in [4.78, 5) is 30.4. The number of carbonyl (C=O) groups is 1. The summed E-state index contributed by atoms with van der Waals surface area (Å²) >= 11 is 0. The van der Waals surface area contributed by atoms with Gasteiger partial charge in [-0.1, -0.05) is 6.07 Å². The number of imidazole rings is 2. The molecular weight excluding hydrogens is 533 g/mol. The van der Waals surface area contributed by atoms with E-state index in [9.17, 15) is 18.0 Å². The number of aromatic nitrogens is 6. The van der Waals surface area contributed by atoms with Gasteiger partial charge in [-0.15, -0.1) is 0 Å². The van der Waals surface area contributed by atoms with Gasteiger partial charge in [-0.25, -0.2) is 19.9 Å². The third-order valence-electron chi connectivity index (χ3n) is 6.75. The maximum atomic E-state index is 13.6. The predicted molar refractivity (Wildman–Crippen MR) is 150 cm³/mol. The molecule has 2 N–H and O–H groups in total. The molecule has 1 saturated carbocycles. The van der Waals surface area contributed by atoms with Crippen LogP contribution in [0.1, 0.15) is 45.6 Å². The van der Waals surface area contributed by atoms with Gasteiger partial charge in [0, 0.05) is 35.4 Å². The summed E-state index contributed by atoms with van der Waals surface area (Å²) in [7, 11) is 0. The van der Waals surface area contributed by atoms with E-state index in [1.807, 2.05) is 13.0 Å². The Morgan fingerprint density at radius 2 is 1.85 bits per heavy atom. The van der Waals surface area contributed by atoms with Gasteiger partial charge in [0.1, 0.15) is 12.7 Å². The number of carbonyl (C=O) groups excluding carboxylic acids is 1. The molecule has 1 aliphatic rings. The van der Waals surface area contributed by atoms with Gasteiger partial charge in [-0.3, -0.25) is 9.36 Å². The minimum Gasteiger partial charge on any atom is -0.365 e. The Morgan fingerprint density at radius 1 is 1.02 bits per heavy atom. The molecule has 0 atom stereocenters. The highest BCUT2D eigenvalue weighted by molar-refractivity contribution is 6.05. The standard InChI is InChI=1S/C29H25F3N8O/c1-17-3-4-20(9-19(17)7-8-39-16-36-25-26(37-22-5-6-22)33-14-34-27(25)39)28(41)38-23-10-21(29(30,31)32)11-24(12-23)40-13-18(2)35-15-40/h3-4,7-16,22H,5-6H2,1-2H3,(H,38,41)(H,33,34,37)/b8-7+. The van der Waals surface area contributed by atoms with E-state index in [0.717, 1.165) is 36.1 Å². The zero-order chi connectivity index (χ0) is 28.7. The van der Waals surface area contributed by atoms with Crippen molar-refractivity contribution in [3.8, 4) is 5.69 Å². The number of fused-ring (bicyclic) bond motifs is 1. The highest BCUT2D eigenvalue weighted by Crippen LogP contribution is 2.33. The van der Waals surface area contributed by atoms with Gasteiger partial charge in [-0.2, -0.15) is 13.2 Å². The van der Waals surface area contributed by atoms with Crippen molar-refractivity contribution >= 4 is 40.9 Å². The summed E-state index contributed by atoms with van der Waals surface area (Å²) in [6.07, 6.45) is 7.41. The predicted octanol–water partition coefficient (Wildman–Crippen LogP) is 6.10. The van der Waals surface area contributed by atoms with E-state index in [0.29, 0.717) is 34.3 Å². The summed E-state index contributed by atoms with van der Waals surface area (Å²) in [5.41, 5.74) is 3.28. The van der Waals surface area contributed by atoms with Crippen LogP contribution in [0, 0.1) is 13.8 Å². The van der Waals surface area contributed by atoms with Crippen LogP contribution >= 0.6 is 0 Å². The molecule has 5 aromatic rings. The molecule has 2 aromatic carbocycles. The molecule has 0 saturated heterocycles. The smallest absolute Gasteiger partial charge is 0.365 e. The van der Waals surface area contributed by atoms with Crippen molar-refractivity contribution in [1.82, 2.24) is 29.1 Å². The SMILES string of the molecule is Cc1cn(-c2cc(NC(=O)c3ccc(C)c(/C=C/n4cnc5c(NC6CC6)ncnc54)c3)cc(C(F)(F)F)c2)cn1. The quantitative estimate of drug-likeness (QED) is 0.250. The Labute approximate surface area is 232 Å². The number of alkyl halides is 3. The van der Waals surface area contributed by atoms with Gasteiger partial charge in [-0.05, 0) is 74.2 Å². The van der Waals surface area contributed by atoms with E-state index in [1.165, 1.54) is 23.3 Å². The summed E-state index contributed by atoms with van der Waals surface area (Å²) < 4.78 is 44.2. The normalized spacial score (nSPS) is 13.7. The second kappa shape index (κ2) is 10.2. The first-order chi connectivity index (χ1) is 19.6. The fraction of sp³-hybridized carbons (Fsp3) is 0.207. The Balaban J connectivity index is 1.26. The van der Waals surface area contributed by atoms with Gasteiger partial charge >= 0.3 is 6.18 Å². The van der Waals surface area contributed by atoms with E-state index < -0.39 is 17.6 Å². The maximum Gasteiger partial charge on any atom is 0.416 e. The van der Waals surface area contributed by atoms with E-state index >= 15 is 0 Å². The van der Waals surface area contributed by atoms with Crippen LogP contribution in [0.3, 0.4) is 0 Å². The molecule has 6 rings (SSSR count). The minimum absolute atomic E-state index is 0.0176. The first-order valence-corrected chi connectivity index (χ1v) is 12.9. The molecule has 1 aliphatic carbocycles. The lowest BCUT2D eigenvalue weighted by atomic mass is 10.0. The van der Waals surface area contributed by atoms with Crippen molar-refractivity contribution in [2.45, 2.75) is 38.9 Å². The number of nitrogens with zero attached hydrogens (tertiary/aromatic N) is 6. The molecule has 0 spiro atoms. The lowest BCUT2D eigenvalue weighted by Crippen LogP contribution is -2.14. The number of benzene rings is 2. The minimum atomic E-state index is -4.59. The average Bonchev–Trinajstić information content (AvgIpc) is 3.48. The molecule has 0 bridgehead atoms. The van der Waals surface area contributed by atoms with Gasteiger partial charge in [0.2, 0.25) is 0 Å². The van der Waals surface area contributed by atoms with Crippen molar-refractivity contribution in [2.75, 3.05) is 10.6 Å². The van der Waals surface area contributed by atoms with Gasteiger partial charge in [0.15, 0.2) is 17.0 Å². The molecule has 41 heavy (non-hydrogen) atoms. The van der Waals surface area contributed by atoms with Crippen LogP contribution in [-0.2, 0) is 6.18 Å². The number of amides is 1. The summed E-state index contributed by atoms with van der Waals surface area (Å²) in [6.45, 7) is 3.64. The van der Waals surface area contributed by atoms with Crippen molar-refractivity contribution in [2.24, 2.45) is 0 Å². The molecule has 208 valence electrons. The second-order valence-corrected chi connectivity index (χ2v) is 9.99. The molecule has 1 fully saturated rings. The topological polar surface area (TPSA) is 103 Å². The monoisotopic (exact) mass is 558 g/mol. The summed E-state index contributed by atoms with van der Waals surface area (Å²) in [6, 6.07) is 8.92. The first kappa shape index (κ1) is 26.2. The van der Waals surface area contributed by atoms with Crippen LogP contribution in [0.4, 0.5) is 24.7 Å². The van der Waals surface area contributed by atoms with Crippen molar-refractivity contribution in [3.63, 3.8) is 0 Å². The number of rotatable bonds is 7. The number of nitrogens with one attached hydrogen (secondary N) is 2. The highest BCUT2D eigenvalue weighted by atomic mass is 19.4. The molecule has 1 amide bonds. The van der Waals surface area contributed by atoms with E-state index in [1.54, 1.807) is 48.4 Å². The lowest BCUT2D eigenvalue weighted by molar-refractivity contribution is -0.137. The van der Waals surface area contributed by atoms with E-state index in [4.69, 9.17) is 0 Å². The molecule has 0 radical (unpaired) electrons. The number of halogens is 3. The van der Waals surface area contributed by atoms with Gasteiger partial charge < -0.3 is 15.2 Å². The second-order valence-electron chi connectivity index (χ2n) is 9.99. The van der Waals surface area contributed by atoms with E-state index in [-0.39, 0.29) is 11.4 Å². The Hall–Kier alpha value is -5.00. The third-order valence-corrected chi connectivity index (χ3v) is 6.75. The largest absolute Gasteiger partial charge is 0.416 e. The van der Waals surface area contributed by atoms with Crippen LogP contribution in [-0.4, -0.2) is 41.0 Å². The molecule has 0 unspecified atom stereocenters. The molecule has 0 aliphatic heterocycles. The fourth-order valence-corrected chi connectivity index (χ4v) is 4.37. The number of anilines is 2.